The lowest BCUT2D eigenvalue weighted by molar-refractivity contribution is 0.0794. The summed E-state index contributed by atoms with van der Waals surface area (Å²) in [5.41, 5.74) is 0.937. The lowest BCUT2D eigenvalue weighted by Crippen LogP contribution is -2.27. The van der Waals surface area contributed by atoms with Crippen LogP contribution in [0.2, 0.25) is 0 Å². The molecule has 3 heterocycles. The van der Waals surface area contributed by atoms with Crippen molar-refractivity contribution in [2.75, 3.05) is 13.1 Å². The predicted molar refractivity (Wildman–Crippen MR) is 87.3 cm³/mol. The number of likely N-dealkylation sites (tertiary alicyclic amines) is 1. The Morgan fingerprint density at radius 3 is 2.87 bits per heavy atom. The molecule has 5 nitrogen and oxygen atoms in total. The number of carbonyl (C=O) groups excluding carboxylic acids is 1. The van der Waals surface area contributed by atoms with Crippen molar-refractivity contribution in [3.05, 3.63) is 58.6 Å². The minimum atomic E-state index is 0.0882. The van der Waals surface area contributed by atoms with Gasteiger partial charge in [0.2, 0.25) is 11.7 Å². The summed E-state index contributed by atoms with van der Waals surface area (Å²) in [5, 5.41) is 5.98. The van der Waals surface area contributed by atoms with Crippen molar-refractivity contribution in [1.82, 2.24) is 15.0 Å². The van der Waals surface area contributed by atoms with Gasteiger partial charge in [0, 0.05) is 18.7 Å². The molecule has 1 aromatic carbocycles. The van der Waals surface area contributed by atoms with Gasteiger partial charge in [-0.15, -0.1) is 11.3 Å². The van der Waals surface area contributed by atoms with Gasteiger partial charge < -0.3 is 9.42 Å². The Hall–Kier alpha value is -2.47. The molecule has 3 aromatic rings. The first kappa shape index (κ1) is 14.1. The van der Waals surface area contributed by atoms with Gasteiger partial charge >= 0.3 is 0 Å². The number of amides is 1. The van der Waals surface area contributed by atoms with Gasteiger partial charge in [0.1, 0.15) is 0 Å². The second-order valence-electron chi connectivity index (χ2n) is 5.54. The molecule has 0 saturated carbocycles. The van der Waals surface area contributed by atoms with E-state index in [0.717, 1.165) is 23.4 Å². The predicted octanol–water partition coefficient (Wildman–Crippen LogP) is 3.43. The largest absolute Gasteiger partial charge is 0.339 e. The Bertz CT molecular complexity index is 798. The summed E-state index contributed by atoms with van der Waals surface area (Å²) in [6.45, 7) is 1.36. The third kappa shape index (κ3) is 2.77. The van der Waals surface area contributed by atoms with Crippen molar-refractivity contribution in [2.24, 2.45) is 0 Å². The van der Waals surface area contributed by atoms with Crippen LogP contribution in [-0.2, 0) is 0 Å². The van der Waals surface area contributed by atoms with Gasteiger partial charge in [0.25, 0.3) is 5.91 Å². The molecule has 0 radical (unpaired) electrons. The minimum absolute atomic E-state index is 0.0882. The second kappa shape index (κ2) is 5.96. The van der Waals surface area contributed by atoms with E-state index in [0.29, 0.717) is 18.3 Å². The number of carbonyl (C=O) groups is 1. The van der Waals surface area contributed by atoms with E-state index in [1.54, 1.807) is 0 Å². The summed E-state index contributed by atoms with van der Waals surface area (Å²) in [4.78, 5) is 19.5. The van der Waals surface area contributed by atoms with Crippen LogP contribution in [0.3, 0.4) is 0 Å². The summed E-state index contributed by atoms with van der Waals surface area (Å²) in [5.74, 6) is 1.42. The molecular formula is C17H15N3O2S. The number of hydrogen-bond donors (Lipinski definition) is 0. The molecule has 116 valence electrons. The van der Waals surface area contributed by atoms with Gasteiger partial charge in [-0.2, -0.15) is 4.98 Å². The highest BCUT2D eigenvalue weighted by atomic mass is 32.1. The molecule has 0 unspecified atom stereocenters. The monoisotopic (exact) mass is 325 g/mol. The summed E-state index contributed by atoms with van der Waals surface area (Å²) < 4.78 is 5.43. The fourth-order valence-electron chi connectivity index (χ4n) is 2.81. The molecule has 0 bridgehead atoms. The van der Waals surface area contributed by atoms with Gasteiger partial charge in [0.15, 0.2) is 0 Å². The summed E-state index contributed by atoms with van der Waals surface area (Å²) in [7, 11) is 0. The Morgan fingerprint density at radius 2 is 2.09 bits per heavy atom. The zero-order valence-electron chi connectivity index (χ0n) is 12.4. The van der Waals surface area contributed by atoms with E-state index in [1.165, 1.54) is 11.3 Å². The molecule has 0 N–H and O–H groups in total. The number of rotatable bonds is 3. The van der Waals surface area contributed by atoms with Crippen LogP contribution < -0.4 is 0 Å². The van der Waals surface area contributed by atoms with E-state index in [9.17, 15) is 4.79 Å². The van der Waals surface area contributed by atoms with Crippen LogP contribution in [0, 0.1) is 0 Å². The van der Waals surface area contributed by atoms with Crippen molar-refractivity contribution in [3.8, 4) is 11.4 Å². The number of hydrogen-bond acceptors (Lipinski definition) is 5. The molecular weight excluding hydrogens is 310 g/mol. The van der Waals surface area contributed by atoms with E-state index in [1.807, 2.05) is 52.7 Å². The molecule has 0 aliphatic carbocycles. The van der Waals surface area contributed by atoms with Crippen molar-refractivity contribution in [1.29, 1.82) is 0 Å². The third-order valence-corrected chi connectivity index (χ3v) is 4.89. The van der Waals surface area contributed by atoms with E-state index >= 15 is 0 Å². The first-order valence-electron chi connectivity index (χ1n) is 7.53. The van der Waals surface area contributed by atoms with E-state index < -0.39 is 0 Å². The Kier molecular flexibility index (Phi) is 3.67. The molecule has 1 atom stereocenters. The van der Waals surface area contributed by atoms with E-state index in [2.05, 4.69) is 10.1 Å². The maximum Gasteiger partial charge on any atom is 0.263 e. The highest BCUT2D eigenvalue weighted by Gasteiger charge is 2.31. The van der Waals surface area contributed by atoms with Crippen LogP contribution in [0.15, 0.2) is 52.4 Å². The first-order chi connectivity index (χ1) is 11.3. The van der Waals surface area contributed by atoms with Crippen molar-refractivity contribution < 1.29 is 9.32 Å². The van der Waals surface area contributed by atoms with E-state index in [4.69, 9.17) is 4.52 Å². The maximum absolute atomic E-state index is 12.4. The molecule has 23 heavy (non-hydrogen) atoms. The zero-order chi connectivity index (χ0) is 15.6. The van der Waals surface area contributed by atoms with Crippen LogP contribution in [0.4, 0.5) is 0 Å². The molecule has 1 aliphatic heterocycles. The summed E-state index contributed by atoms with van der Waals surface area (Å²) >= 11 is 1.47. The first-order valence-corrected chi connectivity index (χ1v) is 8.41. The van der Waals surface area contributed by atoms with Crippen LogP contribution in [0.1, 0.15) is 27.9 Å². The standard InChI is InChI=1S/C17H15N3O2S/c21-17(14-7-4-10-23-14)20-9-8-13(11-20)16-18-15(19-22-16)12-5-2-1-3-6-12/h1-7,10,13H,8-9,11H2/t13-/m1/s1. The van der Waals surface area contributed by atoms with Gasteiger partial charge in [-0.05, 0) is 17.9 Å². The molecule has 6 heteroatoms. The number of aromatic nitrogens is 2. The van der Waals surface area contributed by atoms with Crippen LogP contribution in [-0.4, -0.2) is 34.0 Å². The highest BCUT2D eigenvalue weighted by molar-refractivity contribution is 7.12. The Labute approximate surface area is 137 Å². The molecule has 1 saturated heterocycles. The quantitative estimate of drug-likeness (QED) is 0.740. The van der Waals surface area contributed by atoms with Crippen molar-refractivity contribution in [3.63, 3.8) is 0 Å². The Morgan fingerprint density at radius 1 is 1.22 bits per heavy atom. The average molecular weight is 325 g/mol. The molecule has 4 rings (SSSR count). The molecule has 1 fully saturated rings. The number of nitrogens with zero attached hydrogens (tertiary/aromatic N) is 3. The topological polar surface area (TPSA) is 59.2 Å². The summed E-state index contributed by atoms with van der Waals surface area (Å²) in [6, 6.07) is 13.5. The molecule has 2 aromatic heterocycles. The second-order valence-corrected chi connectivity index (χ2v) is 6.48. The zero-order valence-corrected chi connectivity index (χ0v) is 13.2. The molecule has 0 spiro atoms. The van der Waals surface area contributed by atoms with Gasteiger partial charge in [-0.3, -0.25) is 4.79 Å². The average Bonchev–Trinajstić information content (AvgIpc) is 3.35. The third-order valence-electron chi connectivity index (χ3n) is 4.03. The van der Waals surface area contributed by atoms with Gasteiger partial charge in [-0.25, -0.2) is 0 Å². The maximum atomic E-state index is 12.4. The summed E-state index contributed by atoms with van der Waals surface area (Å²) in [6.07, 6.45) is 0.855. The van der Waals surface area contributed by atoms with Crippen molar-refractivity contribution in [2.45, 2.75) is 12.3 Å². The minimum Gasteiger partial charge on any atom is -0.339 e. The fraction of sp³-hybridized carbons (Fsp3) is 0.235. The van der Waals surface area contributed by atoms with Crippen molar-refractivity contribution >= 4 is 17.2 Å². The SMILES string of the molecule is O=C(c1cccs1)N1CC[C@@H](c2nc(-c3ccccc3)no2)C1. The smallest absolute Gasteiger partial charge is 0.263 e. The normalized spacial score (nSPS) is 17.6. The molecule has 1 amide bonds. The highest BCUT2D eigenvalue weighted by Crippen LogP contribution is 2.29. The number of benzene rings is 1. The van der Waals surface area contributed by atoms with E-state index in [-0.39, 0.29) is 11.8 Å². The van der Waals surface area contributed by atoms with Crippen LogP contribution in [0.25, 0.3) is 11.4 Å². The lowest BCUT2D eigenvalue weighted by Gasteiger charge is -2.14. The van der Waals surface area contributed by atoms with Gasteiger partial charge in [0.05, 0.1) is 10.8 Å². The lowest BCUT2D eigenvalue weighted by atomic mass is 10.1. The Balaban J connectivity index is 1.48. The van der Waals surface area contributed by atoms with Crippen LogP contribution >= 0.6 is 11.3 Å². The number of thiophene rings is 1. The van der Waals surface area contributed by atoms with Crippen LogP contribution in [0.5, 0.6) is 0 Å². The fourth-order valence-corrected chi connectivity index (χ4v) is 3.50. The molecule has 1 aliphatic rings. The van der Waals surface area contributed by atoms with Gasteiger partial charge in [-0.1, -0.05) is 41.6 Å².